The molecule has 132 valence electrons. The number of aromatic nitrogens is 2. The smallest absolute Gasteiger partial charge is 0.231 e. The highest BCUT2D eigenvalue weighted by Crippen LogP contribution is 2.40. The molecule has 6 nitrogen and oxygen atoms in total. The van der Waals surface area contributed by atoms with E-state index in [-0.39, 0.29) is 11.5 Å². The van der Waals surface area contributed by atoms with Gasteiger partial charge in [0.1, 0.15) is 11.4 Å². The lowest BCUT2D eigenvalue weighted by Gasteiger charge is -2.45. The number of carbonyl (C=O) groups is 1. The monoisotopic (exact) mass is 341 g/mol. The second-order valence-corrected chi connectivity index (χ2v) is 6.73. The van der Waals surface area contributed by atoms with Crippen LogP contribution in [0.4, 0.5) is 5.69 Å². The summed E-state index contributed by atoms with van der Waals surface area (Å²) in [6, 6.07) is 7.79. The van der Waals surface area contributed by atoms with Crippen molar-refractivity contribution in [3.8, 4) is 5.75 Å². The summed E-state index contributed by atoms with van der Waals surface area (Å²) < 4.78 is 13.7. The van der Waals surface area contributed by atoms with Gasteiger partial charge in [-0.3, -0.25) is 9.48 Å². The number of ether oxygens (including phenoxy) is 2. The number of benzene rings is 1. The molecular formula is C19H23N3O3. The van der Waals surface area contributed by atoms with Gasteiger partial charge < -0.3 is 14.4 Å². The Morgan fingerprint density at radius 3 is 2.84 bits per heavy atom. The Morgan fingerprint density at radius 1 is 1.28 bits per heavy atom. The Labute approximate surface area is 147 Å². The Bertz CT molecular complexity index is 765. The average molecular weight is 341 g/mol. The van der Waals surface area contributed by atoms with E-state index in [0.717, 1.165) is 36.4 Å². The number of para-hydroxylation sites is 2. The molecule has 6 heteroatoms. The van der Waals surface area contributed by atoms with Crippen LogP contribution in [-0.2, 0) is 22.5 Å². The van der Waals surface area contributed by atoms with Crippen LogP contribution in [0.3, 0.4) is 0 Å². The highest BCUT2D eigenvalue weighted by Gasteiger charge is 2.42. The maximum atomic E-state index is 13.1. The number of rotatable bonds is 3. The Hall–Kier alpha value is -2.34. The van der Waals surface area contributed by atoms with Crippen molar-refractivity contribution in [3.63, 3.8) is 0 Å². The first-order valence-corrected chi connectivity index (χ1v) is 8.87. The molecule has 1 spiro atoms. The number of hydrogen-bond acceptors (Lipinski definition) is 4. The Morgan fingerprint density at radius 2 is 2.08 bits per heavy atom. The number of fused-ring (bicyclic) bond motifs is 1. The summed E-state index contributed by atoms with van der Waals surface area (Å²) in [7, 11) is 0. The van der Waals surface area contributed by atoms with Crippen molar-refractivity contribution in [1.29, 1.82) is 0 Å². The maximum Gasteiger partial charge on any atom is 0.231 e. The van der Waals surface area contributed by atoms with Crippen LogP contribution in [0.5, 0.6) is 5.75 Å². The molecule has 2 aliphatic heterocycles. The Kier molecular flexibility index (Phi) is 4.21. The maximum absolute atomic E-state index is 13.1. The van der Waals surface area contributed by atoms with Crippen molar-refractivity contribution in [3.05, 3.63) is 42.2 Å². The number of nitrogens with zero attached hydrogens (tertiary/aromatic N) is 3. The van der Waals surface area contributed by atoms with Gasteiger partial charge in [0, 0.05) is 25.6 Å². The molecule has 0 radical (unpaired) electrons. The van der Waals surface area contributed by atoms with E-state index < -0.39 is 0 Å². The molecule has 1 amide bonds. The highest BCUT2D eigenvalue weighted by molar-refractivity contribution is 5.96. The van der Waals surface area contributed by atoms with Gasteiger partial charge in [-0.25, -0.2) is 0 Å². The molecule has 2 aliphatic rings. The van der Waals surface area contributed by atoms with E-state index in [1.54, 1.807) is 6.20 Å². The number of hydrogen-bond donors (Lipinski definition) is 0. The first-order chi connectivity index (χ1) is 12.2. The minimum absolute atomic E-state index is 0.0808. The van der Waals surface area contributed by atoms with Gasteiger partial charge in [-0.1, -0.05) is 12.1 Å². The SMILES string of the molecule is CCn1cc(CC(=O)N2CC3(CCOCC3)Oc3ccccc32)cn1. The van der Waals surface area contributed by atoms with Crippen molar-refractivity contribution in [2.45, 2.75) is 38.3 Å². The fourth-order valence-electron chi connectivity index (χ4n) is 3.57. The zero-order valence-electron chi connectivity index (χ0n) is 14.5. The van der Waals surface area contributed by atoms with E-state index in [9.17, 15) is 4.79 Å². The predicted molar refractivity (Wildman–Crippen MR) is 93.8 cm³/mol. The van der Waals surface area contributed by atoms with Gasteiger partial charge in [0.15, 0.2) is 0 Å². The summed E-state index contributed by atoms with van der Waals surface area (Å²) in [5, 5.41) is 4.27. The lowest BCUT2D eigenvalue weighted by Crippen LogP contribution is -2.55. The zero-order valence-corrected chi connectivity index (χ0v) is 14.5. The van der Waals surface area contributed by atoms with Crippen molar-refractivity contribution in [1.82, 2.24) is 9.78 Å². The molecule has 4 rings (SSSR count). The minimum atomic E-state index is -0.337. The normalized spacial score (nSPS) is 18.7. The van der Waals surface area contributed by atoms with Gasteiger partial charge in [0.05, 0.1) is 38.1 Å². The van der Waals surface area contributed by atoms with Crippen LogP contribution in [0.1, 0.15) is 25.3 Å². The molecule has 0 atom stereocenters. The summed E-state index contributed by atoms with van der Waals surface area (Å²) in [5.74, 6) is 0.866. The second kappa shape index (κ2) is 6.52. The predicted octanol–water partition coefficient (Wildman–Crippen LogP) is 2.42. The lowest BCUT2D eigenvalue weighted by atomic mass is 9.91. The summed E-state index contributed by atoms with van der Waals surface area (Å²) in [5.41, 5.74) is 1.46. The van der Waals surface area contributed by atoms with Crippen LogP contribution in [0.2, 0.25) is 0 Å². The molecule has 0 saturated carbocycles. The molecule has 1 saturated heterocycles. The highest BCUT2D eigenvalue weighted by atomic mass is 16.5. The first-order valence-electron chi connectivity index (χ1n) is 8.87. The van der Waals surface area contributed by atoms with Gasteiger partial charge >= 0.3 is 0 Å². The van der Waals surface area contributed by atoms with E-state index in [0.29, 0.717) is 26.2 Å². The zero-order chi connectivity index (χ0) is 17.3. The van der Waals surface area contributed by atoms with Crippen LogP contribution in [0, 0.1) is 0 Å². The molecule has 1 aromatic carbocycles. The van der Waals surface area contributed by atoms with Crippen molar-refractivity contribution >= 4 is 11.6 Å². The first kappa shape index (κ1) is 16.1. The van der Waals surface area contributed by atoms with E-state index >= 15 is 0 Å². The standard InChI is InChI=1S/C19H23N3O3/c1-2-21-13-15(12-20-21)11-18(23)22-14-19(7-9-24-10-8-19)25-17-6-4-3-5-16(17)22/h3-6,12-13H,2,7-11,14H2,1H3. The lowest BCUT2D eigenvalue weighted by molar-refractivity contribution is -0.120. The molecule has 25 heavy (non-hydrogen) atoms. The van der Waals surface area contributed by atoms with Gasteiger partial charge in [-0.05, 0) is 24.6 Å². The van der Waals surface area contributed by atoms with Crippen LogP contribution in [0.15, 0.2) is 36.7 Å². The third kappa shape index (κ3) is 3.14. The molecule has 0 aliphatic carbocycles. The molecule has 3 heterocycles. The van der Waals surface area contributed by atoms with Gasteiger partial charge in [0.2, 0.25) is 5.91 Å². The average Bonchev–Trinajstić information content (AvgIpc) is 3.09. The quantitative estimate of drug-likeness (QED) is 0.860. The Balaban J connectivity index is 1.61. The van der Waals surface area contributed by atoms with Crippen LogP contribution in [0.25, 0.3) is 0 Å². The van der Waals surface area contributed by atoms with E-state index in [1.807, 2.05) is 47.0 Å². The second-order valence-electron chi connectivity index (χ2n) is 6.73. The number of amides is 1. The van der Waals surface area contributed by atoms with Crippen LogP contribution in [-0.4, -0.2) is 41.0 Å². The topological polar surface area (TPSA) is 56.6 Å². The van der Waals surface area contributed by atoms with Crippen molar-refractivity contribution in [2.75, 3.05) is 24.7 Å². The molecule has 0 unspecified atom stereocenters. The molecule has 1 aromatic heterocycles. The molecule has 0 N–H and O–H groups in total. The third-order valence-corrected chi connectivity index (χ3v) is 5.00. The van der Waals surface area contributed by atoms with E-state index in [4.69, 9.17) is 9.47 Å². The van der Waals surface area contributed by atoms with Crippen LogP contribution >= 0.6 is 0 Å². The largest absolute Gasteiger partial charge is 0.483 e. The summed E-state index contributed by atoms with van der Waals surface area (Å²) in [6.45, 7) is 4.76. The van der Waals surface area contributed by atoms with Crippen molar-refractivity contribution < 1.29 is 14.3 Å². The van der Waals surface area contributed by atoms with E-state index in [1.165, 1.54) is 0 Å². The van der Waals surface area contributed by atoms with Gasteiger partial charge in [0.25, 0.3) is 0 Å². The van der Waals surface area contributed by atoms with Crippen molar-refractivity contribution in [2.24, 2.45) is 0 Å². The summed E-state index contributed by atoms with van der Waals surface area (Å²) in [4.78, 5) is 14.9. The molecule has 2 aromatic rings. The minimum Gasteiger partial charge on any atom is -0.483 e. The number of carbonyl (C=O) groups excluding carboxylic acids is 1. The summed E-state index contributed by atoms with van der Waals surface area (Å²) >= 11 is 0. The molecular weight excluding hydrogens is 318 g/mol. The van der Waals surface area contributed by atoms with Gasteiger partial charge in [-0.15, -0.1) is 0 Å². The number of anilines is 1. The van der Waals surface area contributed by atoms with Gasteiger partial charge in [-0.2, -0.15) is 5.10 Å². The van der Waals surface area contributed by atoms with E-state index in [2.05, 4.69) is 5.10 Å². The third-order valence-electron chi connectivity index (χ3n) is 5.00. The fourth-order valence-corrected chi connectivity index (χ4v) is 3.57. The molecule has 0 bridgehead atoms. The number of aryl methyl sites for hydroxylation is 1. The summed E-state index contributed by atoms with van der Waals surface area (Å²) in [6.07, 6.45) is 5.67. The fraction of sp³-hybridized carbons (Fsp3) is 0.474. The molecule has 1 fully saturated rings. The van der Waals surface area contributed by atoms with Crippen LogP contribution < -0.4 is 9.64 Å².